The Morgan fingerprint density at radius 2 is 2.10 bits per heavy atom. The molecule has 1 amide bonds. The van der Waals surface area contributed by atoms with Crippen LogP contribution in [0.3, 0.4) is 0 Å². The molecule has 0 spiro atoms. The van der Waals surface area contributed by atoms with Gasteiger partial charge >= 0.3 is 0 Å². The van der Waals surface area contributed by atoms with Crippen LogP contribution in [0.15, 0.2) is 36.4 Å². The van der Waals surface area contributed by atoms with Crippen molar-refractivity contribution >= 4 is 28.2 Å². The third-order valence-corrected chi connectivity index (χ3v) is 3.22. The van der Waals surface area contributed by atoms with Gasteiger partial charge in [-0.25, -0.2) is 4.39 Å². The van der Waals surface area contributed by atoms with Crippen LogP contribution in [0.2, 0.25) is 0 Å². The van der Waals surface area contributed by atoms with Gasteiger partial charge in [-0.05, 0) is 48.9 Å². The Bertz CT molecular complexity index is 841. The van der Waals surface area contributed by atoms with Gasteiger partial charge in [-0.2, -0.15) is 5.10 Å². The van der Waals surface area contributed by atoms with Crippen LogP contribution in [0.1, 0.15) is 16.1 Å². The first kappa shape index (κ1) is 13.1. The van der Waals surface area contributed by atoms with Gasteiger partial charge in [-0.3, -0.25) is 9.89 Å². The molecule has 0 aliphatic rings. The highest BCUT2D eigenvalue weighted by molar-refractivity contribution is 6.11. The molecular formula is C15H13FN4O. The first-order valence-electron chi connectivity index (χ1n) is 6.36. The number of nitrogens with zero attached hydrogens (tertiary/aromatic N) is 1. The van der Waals surface area contributed by atoms with Gasteiger partial charge < -0.3 is 11.1 Å². The molecule has 0 saturated heterocycles. The van der Waals surface area contributed by atoms with E-state index >= 15 is 0 Å². The molecule has 0 unspecified atom stereocenters. The number of nitrogens with one attached hydrogen (secondary N) is 2. The quantitative estimate of drug-likeness (QED) is 0.633. The summed E-state index contributed by atoms with van der Waals surface area (Å²) in [7, 11) is 0. The van der Waals surface area contributed by atoms with Crippen molar-refractivity contribution in [2.75, 3.05) is 11.1 Å². The number of aromatic amines is 1. The van der Waals surface area contributed by atoms with E-state index in [4.69, 9.17) is 5.73 Å². The normalized spacial score (nSPS) is 10.8. The van der Waals surface area contributed by atoms with Crippen LogP contribution in [0.5, 0.6) is 0 Å². The molecule has 2 aromatic carbocycles. The number of fused-ring (bicyclic) bond motifs is 1. The van der Waals surface area contributed by atoms with Crippen LogP contribution >= 0.6 is 0 Å². The molecule has 0 fully saturated rings. The maximum atomic E-state index is 13.2. The van der Waals surface area contributed by atoms with Crippen molar-refractivity contribution in [1.82, 2.24) is 10.2 Å². The second-order valence-corrected chi connectivity index (χ2v) is 4.80. The van der Waals surface area contributed by atoms with Crippen molar-refractivity contribution in [2.45, 2.75) is 6.92 Å². The van der Waals surface area contributed by atoms with Gasteiger partial charge in [0.05, 0.1) is 5.52 Å². The number of anilines is 2. The predicted octanol–water partition coefficient (Wildman–Crippen LogP) is 2.84. The number of rotatable bonds is 2. The monoisotopic (exact) mass is 284 g/mol. The number of halogens is 1. The smallest absolute Gasteiger partial charge is 0.276 e. The van der Waals surface area contributed by atoms with E-state index in [9.17, 15) is 9.18 Å². The number of nitrogen functional groups attached to an aromatic ring is 1. The highest BCUT2D eigenvalue weighted by Gasteiger charge is 2.14. The number of carbonyl (C=O) groups is 1. The van der Waals surface area contributed by atoms with Crippen LogP contribution in [-0.4, -0.2) is 16.1 Å². The second kappa shape index (κ2) is 4.90. The zero-order chi connectivity index (χ0) is 15.0. The predicted molar refractivity (Wildman–Crippen MR) is 79.6 cm³/mol. The van der Waals surface area contributed by atoms with Crippen LogP contribution in [-0.2, 0) is 0 Å². The topological polar surface area (TPSA) is 83.8 Å². The van der Waals surface area contributed by atoms with Crippen LogP contribution in [0, 0.1) is 12.7 Å². The van der Waals surface area contributed by atoms with Crippen LogP contribution in [0.25, 0.3) is 10.9 Å². The molecule has 6 heteroatoms. The number of hydrogen-bond acceptors (Lipinski definition) is 3. The van der Waals surface area contributed by atoms with Crippen molar-refractivity contribution in [3.8, 4) is 0 Å². The molecule has 3 rings (SSSR count). The van der Waals surface area contributed by atoms with Gasteiger partial charge in [-0.15, -0.1) is 0 Å². The minimum absolute atomic E-state index is 0.249. The van der Waals surface area contributed by atoms with Gasteiger partial charge in [0.15, 0.2) is 5.69 Å². The lowest BCUT2D eigenvalue weighted by Gasteiger charge is -2.05. The van der Waals surface area contributed by atoms with Crippen molar-refractivity contribution in [2.24, 2.45) is 0 Å². The standard InChI is InChI=1S/C15H13FN4O/c1-8-6-10(3-4-12(8)16)18-15(21)14-11-7-9(17)2-5-13(11)19-20-14/h2-7H,17H2,1H3,(H,18,21)(H,19,20). The largest absolute Gasteiger partial charge is 0.399 e. The first-order chi connectivity index (χ1) is 10.0. The highest BCUT2D eigenvalue weighted by Crippen LogP contribution is 2.20. The summed E-state index contributed by atoms with van der Waals surface area (Å²) in [6, 6.07) is 9.55. The van der Waals surface area contributed by atoms with E-state index in [-0.39, 0.29) is 17.4 Å². The number of aromatic nitrogens is 2. The fourth-order valence-electron chi connectivity index (χ4n) is 2.12. The number of hydrogen-bond donors (Lipinski definition) is 3. The maximum absolute atomic E-state index is 13.2. The molecule has 5 nitrogen and oxygen atoms in total. The lowest BCUT2D eigenvalue weighted by Crippen LogP contribution is -2.13. The third kappa shape index (κ3) is 2.43. The molecule has 1 aromatic heterocycles. The van der Waals surface area contributed by atoms with Gasteiger partial charge in [0.2, 0.25) is 0 Å². The minimum atomic E-state index is -0.377. The van der Waals surface area contributed by atoms with E-state index in [1.807, 2.05) is 0 Å². The molecule has 21 heavy (non-hydrogen) atoms. The van der Waals surface area contributed by atoms with Gasteiger partial charge in [0, 0.05) is 16.8 Å². The summed E-state index contributed by atoms with van der Waals surface area (Å²) in [5, 5.41) is 10.1. The molecule has 106 valence electrons. The van der Waals surface area contributed by atoms with Gasteiger partial charge in [0.25, 0.3) is 5.91 Å². The van der Waals surface area contributed by atoms with E-state index < -0.39 is 0 Å². The summed E-state index contributed by atoms with van der Waals surface area (Å²) < 4.78 is 13.2. The molecule has 4 N–H and O–H groups in total. The Morgan fingerprint density at radius 1 is 1.29 bits per heavy atom. The molecule has 0 aliphatic heterocycles. The third-order valence-electron chi connectivity index (χ3n) is 3.22. The Morgan fingerprint density at radius 3 is 2.86 bits per heavy atom. The number of benzene rings is 2. The van der Waals surface area contributed by atoms with Crippen LogP contribution < -0.4 is 11.1 Å². The summed E-state index contributed by atoms with van der Waals surface area (Å²) in [5.41, 5.74) is 8.23. The van der Waals surface area contributed by atoms with E-state index in [1.165, 1.54) is 12.1 Å². The highest BCUT2D eigenvalue weighted by atomic mass is 19.1. The summed E-state index contributed by atoms with van der Waals surface area (Å²) in [6.07, 6.45) is 0. The summed E-state index contributed by atoms with van der Waals surface area (Å²) in [6.45, 7) is 1.63. The average molecular weight is 284 g/mol. The van der Waals surface area contributed by atoms with E-state index in [0.29, 0.717) is 22.3 Å². The molecule has 0 bridgehead atoms. The number of nitrogens with two attached hydrogens (primary N) is 1. The lowest BCUT2D eigenvalue weighted by molar-refractivity contribution is 0.102. The van der Waals surface area contributed by atoms with Crippen molar-refractivity contribution in [3.05, 3.63) is 53.5 Å². The van der Waals surface area contributed by atoms with Crippen molar-refractivity contribution in [3.63, 3.8) is 0 Å². The lowest BCUT2D eigenvalue weighted by atomic mass is 10.1. The maximum Gasteiger partial charge on any atom is 0.276 e. The van der Waals surface area contributed by atoms with E-state index in [1.54, 1.807) is 31.2 Å². The summed E-state index contributed by atoms with van der Waals surface area (Å²) in [4.78, 5) is 12.3. The van der Waals surface area contributed by atoms with E-state index in [0.717, 1.165) is 5.52 Å². The Kier molecular flexibility index (Phi) is 3.06. The molecule has 3 aromatic rings. The fourth-order valence-corrected chi connectivity index (χ4v) is 2.12. The van der Waals surface area contributed by atoms with E-state index in [2.05, 4.69) is 15.5 Å². The molecule has 0 aliphatic carbocycles. The molecule has 0 radical (unpaired) electrons. The molecular weight excluding hydrogens is 271 g/mol. The van der Waals surface area contributed by atoms with Crippen molar-refractivity contribution in [1.29, 1.82) is 0 Å². The number of H-pyrrole nitrogens is 1. The molecule has 1 heterocycles. The zero-order valence-electron chi connectivity index (χ0n) is 11.3. The fraction of sp³-hybridized carbons (Fsp3) is 0.0667. The second-order valence-electron chi connectivity index (χ2n) is 4.80. The average Bonchev–Trinajstić information content (AvgIpc) is 2.86. The Hall–Kier alpha value is -2.89. The van der Waals surface area contributed by atoms with Gasteiger partial charge in [-0.1, -0.05) is 0 Å². The first-order valence-corrected chi connectivity index (χ1v) is 6.36. The van der Waals surface area contributed by atoms with Crippen LogP contribution in [0.4, 0.5) is 15.8 Å². The summed E-state index contributed by atoms with van der Waals surface area (Å²) >= 11 is 0. The number of carbonyl (C=O) groups excluding carboxylic acids is 1. The van der Waals surface area contributed by atoms with Crippen molar-refractivity contribution < 1.29 is 9.18 Å². The number of aryl methyl sites for hydroxylation is 1. The summed E-state index contributed by atoms with van der Waals surface area (Å²) in [5.74, 6) is -0.691. The Balaban J connectivity index is 1.93. The SMILES string of the molecule is Cc1cc(NC(=O)c2n[nH]c3ccc(N)cc23)ccc1F. The minimum Gasteiger partial charge on any atom is -0.399 e. The van der Waals surface area contributed by atoms with Gasteiger partial charge in [0.1, 0.15) is 5.82 Å². The molecule has 0 saturated carbocycles. The molecule has 0 atom stereocenters. The zero-order valence-corrected chi connectivity index (χ0v) is 11.3. The number of amides is 1. The Labute approximate surface area is 120 Å².